The van der Waals surface area contributed by atoms with E-state index in [4.69, 9.17) is 5.11 Å². The van der Waals surface area contributed by atoms with Gasteiger partial charge in [0.15, 0.2) is 0 Å². The van der Waals surface area contributed by atoms with Crippen LogP contribution in [0.15, 0.2) is 18.2 Å². The van der Waals surface area contributed by atoms with Crippen molar-refractivity contribution in [3.63, 3.8) is 0 Å². The Hall–Kier alpha value is -0.780. The first kappa shape index (κ1) is 10.7. The molecule has 3 nitrogen and oxygen atoms in total. The van der Waals surface area contributed by atoms with Crippen molar-refractivity contribution in [2.75, 3.05) is 18.0 Å². The molecule has 1 aliphatic rings. The van der Waals surface area contributed by atoms with E-state index in [1.165, 1.54) is 12.8 Å². The summed E-state index contributed by atoms with van der Waals surface area (Å²) < 4.78 is 0.794. The van der Waals surface area contributed by atoms with Gasteiger partial charge in [0.1, 0.15) is 0 Å². The molecule has 0 aliphatic carbocycles. The van der Waals surface area contributed by atoms with Gasteiger partial charge in [-0.05, 0) is 53.6 Å². The van der Waals surface area contributed by atoms with Crippen molar-refractivity contribution in [1.82, 2.24) is 0 Å². The molecular weight excluding hydrogens is 305 g/mol. The summed E-state index contributed by atoms with van der Waals surface area (Å²) >= 11 is 2.06. The van der Waals surface area contributed by atoms with Crippen molar-refractivity contribution in [2.45, 2.75) is 12.8 Å². The number of carboxylic acids is 1. The molecule has 0 radical (unpaired) electrons. The normalized spacial score (nSPS) is 15.7. The van der Waals surface area contributed by atoms with Gasteiger partial charge in [-0.15, -0.1) is 0 Å². The third kappa shape index (κ3) is 2.25. The summed E-state index contributed by atoms with van der Waals surface area (Å²) in [6.07, 6.45) is 2.41. The van der Waals surface area contributed by atoms with Gasteiger partial charge in [-0.1, -0.05) is 0 Å². The fourth-order valence-electron chi connectivity index (χ4n) is 1.85. The van der Waals surface area contributed by atoms with Crippen LogP contribution in [0.25, 0.3) is 0 Å². The predicted octanol–water partition coefficient (Wildman–Crippen LogP) is 2.59. The number of anilines is 1. The number of halogens is 1. The molecule has 0 unspecified atom stereocenters. The second kappa shape index (κ2) is 4.38. The molecule has 2 rings (SSSR count). The van der Waals surface area contributed by atoms with Crippen LogP contribution in [0.5, 0.6) is 0 Å². The van der Waals surface area contributed by atoms with E-state index in [0.29, 0.717) is 5.56 Å². The first-order valence-electron chi connectivity index (χ1n) is 4.96. The molecule has 0 bridgehead atoms. The Morgan fingerprint density at radius 2 is 2.00 bits per heavy atom. The van der Waals surface area contributed by atoms with E-state index in [9.17, 15) is 4.79 Å². The zero-order valence-corrected chi connectivity index (χ0v) is 10.4. The molecule has 0 saturated carbocycles. The van der Waals surface area contributed by atoms with E-state index in [-0.39, 0.29) is 0 Å². The van der Waals surface area contributed by atoms with Crippen LogP contribution in [-0.2, 0) is 0 Å². The van der Waals surface area contributed by atoms with Crippen molar-refractivity contribution in [2.24, 2.45) is 0 Å². The van der Waals surface area contributed by atoms with Crippen molar-refractivity contribution in [3.8, 4) is 0 Å². The summed E-state index contributed by atoms with van der Waals surface area (Å²) in [6.45, 7) is 2.08. The number of hydrogen-bond donors (Lipinski definition) is 1. The summed E-state index contributed by atoms with van der Waals surface area (Å²) in [5, 5.41) is 9.01. The fourth-order valence-corrected chi connectivity index (χ4v) is 2.42. The van der Waals surface area contributed by atoms with Gasteiger partial charge in [-0.25, -0.2) is 4.79 Å². The number of carbonyl (C=O) groups is 1. The molecule has 80 valence electrons. The van der Waals surface area contributed by atoms with E-state index >= 15 is 0 Å². The summed E-state index contributed by atoms with van der Waals surface area (Å²) in [5.41, 5.74) is 1.44. The monoisotopic (exact) mass is 317 g/mol. The fraction of sp³-hybridized carbons (Fsp3) is 0.364. The minimum atomic E-state index is -0.847. The van der Waals surface area contributed by atoms with Crippen molar-refractivity contribution < 1.29 is 9.90 Å². The third-order valence-corrected chi connectivity index (χ3v) is 3.59. The Morgan fingerprint density at radius 1 is 1.33 bits per heavy atom. The molecule has 1 aromatic rings. The minimum absolute atomic E-state index is 0.403. The predicted molar refractivity (Wildman–Crippen MR) is 67.6 cm³/mol. The van der Waals surface area contributed by atoms with E-state index in [0.717, 1.165) is 22.3 Å². The highest BCUT2D eigenvalue weighted by Gasteiger charge is 2.15. The quantitative estimate of drug-likeness (QED) is 0.853. The van der Waals surface area contributed by atoms with Gasteiger partial charge in [0, 0.05) is 22.3 Å². The Morgan fingerprint density at radius 3 is 2.60 bits per heavy atom. The number of rotatable bonds is 2. The maximum atomic E-state index is 11.0. The van der Waals surface area contributed by atoms with Crippen LogP contribution in [-0.4, -0.2) is 24.2 Å². The second-order valence-corrected chi connectivity index (χ2v) is 4.83. The molecular formula is C11H12INO2. The molecule has 1 N–H and O–H groups in total. The lowest BCUT2D eigenvalue weighted by atomic mass is 10.2. The molecule has 1 saturated heterocycles. The lowest BCUT2D eigenvalue weighted by Crippen LogP contribution is -2.18. The molecule has 1 aliphatic heterocycles. The standard InChI is InChI=1S/C11H12INO2/c12-10-4-3-8(7-9(10)11(14)15)13-5-1-2-6-13/h3-4,7H,1-2,5-6H2,(H,14,15). The van der Waals surface area contributed by atoms with E-state index < -0.39 is 5.97 Å². The minimum Gasteiger partial charge on any atom is -0.478 e. The highest BCUT2D eigenvalue weighted by Crippen LogP contribution is 2.24. The van der Waals surface area contributed by atoms with Crippen LogP contribution >= 0.6 is 22.6 Å². The summed E-state index contributed by atoms with van der Waals surface area (Å²) in [7, 11) is 0. The van der Waals surface area contributed by atoms with Crippen LogP contribution in [0, 0.1) is 3.57 Å². The Labute approximate surface area is 102 Å². The Balaban J connectivity index is 2.33. The van der Waals surface area contributed by atoms with Crippen molar-refractivity contribution in [1.29, 1.82) is 0 Å². The Kier molecular flexibility index (Phi) is 3.14. The number of carboxylic acid groups (broad SMARTS) is 1. The summed E-state index contributed by atoms with van der Waals surface area (Å²) in [4.78, 5) is 13.2. The molecule has 15 heavy (non-hydrogen) atoms. The largest absolute Gasteiger partial charge is 0.478 e. The number of nitrogens with zero attached hydrogens (tertiary/aromatic N) is 1. The van der Waals surface area contributed by atoms with Gasteiger partial charge in [0.2, 0.25) is 0 Å². The van der Waals surface area contributed by atoms with Gasteiger partial charge < -0.3 is 10.0 Å². The smallest absolute Gasteiger partial charge is 0.336 e. The second-order valence-electron chi connectivity index (χ2n) is 3.66. The molecule has 1 fully saturated rings. The first-order chi connectivity index (χ1) is 7.18. The maximum Gasteiger partial charge on any atom is 0.336 e. The lowest BCUT2D eigenvalue weighted by Gasteiger charge is -2.18. The van der Waals surface area contributed by atoms with Gasteiger partial charge in [0.05, 0.1) is 5.56 Å². The maximum absolute atomic E-state index is 11.0. The van der Waals surface area contributed by atoms with Gasteiger partial charge >= 0.3 is 5.97 Å². The summed E-state index contributed by atoms with van der Waals surface area (Å²) in [6, 6.07) is 5.65. The highest BCUT2D eigenvalue weighted by atomic mass is 127. The van der Waals surface area contributed by atoms with E-state index in [1.54, 1.807) is 6.07 Å². The van der Waals surface area contributed by atoms with Gasteiger partial charge in [-0.3, -0.25) is 0 Å². The first-order valence-corrected chi connectivity index (χ1v) is 6.04. The van der Waals surface area contributed by atoms with E-state index in [2.05, 4.69) is 27.5 Å². The summed E-state index contributed by atoms with van der Waals surface area (Å²) in [5.74, 6) is -0.847. The van der Waals surface area contributed by atoms with Crippen molar-refractivity contribution >= 4 is 34.2 Å². The van der Waals surface area contributed by atoms with Gasteiger partial charge in [-0.2, -0.15) is 0 Å². The SMILES string of the molecule is O=C(O)c1cc(N2CCCC2)ccc1I. The topological polar surface area (TPSA) is 40.5 Å². The number of aromatic carboxylic acids is 1. The van der Waals surface area contributed by atoms with Crippen LogP contribution in [0.2, 0.25) is 0 Å². The average Bonchev–Trinajstić information content (AvgIpc) is 2.71. The molecule has 1 aromatic carbocycles. The van der Waals surface area contributed by atoms with E-state index in [1.807, 2.05) is 12.1 Å². The number of hydrogen-bond acceptors (Lipinski definition) is 2. The van der Waals surface area contributed by atoms with Crippen LogP contribution in [0.3, 0.4) is 0 Å². The molecule has 0 amide bonds. The molecule has 4 heteroatoms. The average molecular weight is 317 g/mol. The lowest BCUT2D eigenvalue weighted by molar-refractivity contribution is 0.0696. The van der Waals surface area contributed by atoms with Crippen LogP contribution < -0.4 is 4.90 Å². The molecule has 0 spiro atoms. The third-order valence-electron chi connectivity index (χ3n) is 2.65. The van der Waals surface area contributed by atoms with Crippen LogP contribution in [0.4, 0.5) is 5.69 Å². The number of benzene rings is 1. The van der Waals surface area contributed by atoms with Crippen LogP contribution in [0.1, 0.15) is 23.2 Å². The zero-order chi connectivity index (χ0) is 10.8. The highest BCUT2D eigenvalue weighted by molar-refractivity contribution is 14.1. The zero-order valence-electron chi connectivity index (χ0n) is 8.24. The van der Waals surface area contributed by atoms with Crippen molar-refractivity contribution in [3.05, 3.63) is 27.3 Å². The molecule has 0 atom stereocenters. The Bertz CT molecular complexity index is 386. The van der Waals surface area contributed by atoms with Gasteiger partial charge in [0.25, 0.3) is 0 Å². The molecule has 1 heterocycles. The molecule has 0 aromatic heterocycles.